The normalized spacial score (nSPS) is 15.6. The van der Waals surface area contributed by atoms with Crippen molar-refractivity contribution in [3.05, 3.63) is 59.0 Å². The molecule has 3 aromatic heterocycles. The van der Waals surface area contributed by atoms with Gasteiger partial charge in [0.25, 0.3) is 0 Å². The van der Waals surface area contributed by atoms with E-state index in [0.717, 1.165) is 45.1 Å². The van der Waals surface area contributed by atoms with Crippen LogP contribution in [0.2, 0.25) is 0 Å². The van der Waals surface area contributed by atoms with E-state index in [9.17, 15) is 0 Å². The van der Waals surface area contributed by atoms with Gasteiger partial charge in [-0.05, 0) is 31.4 Å². The quantitative estimate of drug-likeness (QED) is 0.270. The van der Waals surface area contributed by atoms with Crippen LogP contribution in [-0.4, -0.2) is 20.6 Å². The van der Waals surface area contributed by atoms with Crippen molar-refractivity contribution in [2.45, 2.75) is 63.0 Å². The van der Waals surface area contributed by atoms with E-state index in [1.54, 1.807) is 29.4 Å². The van der Waals surface area contributed by atoms with E-state index in [0.29, 0.717) is 6.61 Å². The van der Waals surface area contributed by atoms with Crippen molar-refractivity contribution in [2.75, 3.05) is 0 Å². The number of benzene rings is 1. The van der Waals surface area contributed by atoms with E-state index >= 15 is 0 Å². The molecule has 0 saturated heterocycles. The number of nitrogens with zero attached hydrogens (tertiary/aromatic N) is 3. The van der Waals surface area contributed by atoms with Crippen LogP contribution in [0.15, 0.2) is 41.7 Å². The molecule has 0 N–H and O–H groups in total. The number of pyridine rings is 1. The van der Waals surface area contributed by atoms with E-state index in [1.807, 2.05) is 0 Å². The molecule has 6 heteroatoms. The van der Waals surface area contributed by atoms with Gasteiger partial charge in [-0.3, -0.25) is 0 Å². The minimum Gasteiger partial charge on any atom is -0.370 e. The molecule has 0 aliphatic carbocycles. The summed E-state index contributed by atoms with van der Waals surface area (Å²) >= 11 is 3.52. The van der Waals surface area contributed by atoms with E-state index in [-0.39, 0.29) is 5.60 Å². The Bertz CT molecular complexity index is 1220. The van der Waals surface area contributed by atoms with Crippen LogP contribution in [0.1, 0.15) is 49.6 Å². The number of thiophene rings is 1. The molecule has 0 amide bonds. The topological polar surface area (TPSA) is 47.9 Å². The van der Waals surface area contributed by atoms with Crippen LogP contribution in [0, 0.1) is 0 Å². The van der Waals surface area contributed by atoms with Crippen LogP contribution in [0.25, 0.3) is 20.4 Å². The van der Waals surface area contributed by atoms with Gasteiger partial charge in [-0.2, -0.15) is 0 Å². The SMILES string of the molecule is CCCc1nc2sc3c(SCc4ccccc4)ncnc3c2c2c1COC(C)(C)C2. The van der Waals surface area contributed by atoms with Crippen molar-refractivity contribution < 1.29 is 4.74 Å². The molecule has 1 aromatic carbocycles. The number of ether oxygens (including phenoxy) is 1. The summed E-state index contributed by atoms with van der Waals surface area (Å²) in [7, 11) is 0. The molecule has 0 spiro atoms. The minimum absolute atomic E-state index is 0.170. The van der Waals surface area contributed by atoms with Crippen molar-refractivity contribution in [3.8, 4) is 0 Å². The third-order valence-corrected chi connectivity index (χ3v) is 7.86. The number of hydrogen-bond acceptors (Lipinski definition) is 6. The van der Waals surface area contributed by atoms with Gasteiger partial charge in [0.2, 0.25) is 0 Å². The lowest BCUT2D eigenvalue weighted by atomic mass is 9.88. The lowest BCUT2D eigenvalue weighted by Gasteiger charge is -2.33. The fourth-order valence-corrected chi connectivity index (χ4v) is 6.33. The van der Waals surface area contributed by atoms with Gasteiger partial charge in [-0.1, -0.05) is 43.7 Å². The maximum Gasteiger partial charge on any atom is 0.126 e. The molecule has 0 saturated carbocycles. The van der Waals surface area contributed by atoms with Crippen LogP contribution in [0.5, 0.6) is 0 Å². The van der Waals surface area contributed by atoms with Gasteiger partial charge < -0.3 is 4.74 Å². The molecule has 0 unspecified atom stereocenters. The highest BCUT2D eigenvalue weighted by Crippen LogP contribution is 2.43. The second kappa shape index (κ2) is 7.91. The predicted molar refractivity (Wildman–Crippen MR) is 125 cm³/mol. The maximum atomic E-state index is 6.15. The molecule has 1 aliphatic heterocycles. The van der Waals surface area contributed by atoms with Crippen molar-refractivity contribution in [1.82, 2.24) is 15.0 Å². The Morgan fingerprint density at radius 1 is 1.13 bits per heavy atom. The Morgan fingerprint density at radius 2 is 1.97 bits per heavy atom. The van der Waals surface area contributed by atoms with Gasteiger partial charge in [0, 0.05) is 28.8 Å². The summed E-state index contributed by atoms with van der Waals surface area (Å²) in [6.07, 6.45) is 4.66. The molecule has 1 aliphatic rings. The van der Waals surface area contributed by atoms with Gasteiger partial charge in [0.05, 0.1) is 22.4 Å². The van der Waals surface area contributed by atoms with Crippen molar-refractivity contribution >= 4 is 43.5 Å². The van der Waals surface area contributed by atoms with E-state index in [4.69, 9.17) is 14.7 Å². The first-order valence-electron chi connectivity index (χ1n) is 10.4. The van der Waals surface area contributed by atoms with Gasteiger partial charge >= 0.3 is 0 Å². The highest BCUT2D eigenvalue weighted by molar-refractivity contribution is 7.98. The summed E-state index contributed by atoms with van der Waals surface area (Å²) in [5.41, 5.74) is 6.02. The number of aryl methyl sites for hydroxylation is 1. The van der Waals surface area contributed by atoms with Crippen LogP contribution in [0.4, 0.5) is 0 Å². The molecule has 0 fully saturated rings. The number of rotatable bonds is 5. The zero-order valence-corrected chi connectivity index (χ0v) is 19.2. The molecule has 5 rings (SSSR count). The van der Waals surface area contributed by atoms with Crippen LogP contribution >= 0.6 is 23.1 Å². The summed E-state index contributed by atoms with van der Waals surface area (Å²) in [5, 5.41) is 2.26. The fraction of sp³-hybridized carbons (Fsp3) is 0.375. The third-order valence-electron chi connectivity index (χ3n) is 5.59. The van der Waals surface area contributed by atoms with Crippen molar-refractivity contribution in [3.63, 3.8) is 0 Å². The fourth-order valence-electron chi connectivity index (χ4n) is 4.12. The molecule has 30 heavy (non-hydrogen) atoms. The Hall–Kier alpha value is -2.02. The van der Waals surface area contributed by atoms with Gasteiger partial charge in [0.15, 0.2) is 0 Å². The highest BCUT2D eigenvalue weighted by atomic mass is 32.2. The van der Waals surface area contributed by atoms with E-state index in [1.165, 1.54) is 27.8 Å². The van der Waals surface area contributed by atoms with Gasteiger partial charge in [-0.15, -0.1) is 23.1 Å². The summed E-state index contributed by atoms with van der Waals surface area (Å²) in [5.74, 6) is 0.898. The average molecular weight is 436 g/mol. The van der Waals surface area contributed by atoms with Gasteiger partial charge in [-0.25, -0.2) is 15.0 Å². The standard InChI is InChI=1S/C24H25N3OS2/c1-4-8-18-17-12-28-24(2,3)11-16(17)19-20-21(30-22(19)27-18)23(26-14-25-20)29-13-15-9-6-5-7-10-15/h5-7,9-10,14H,4,8,11-13H2,1-3H3. The lowest BCUT2D eigenvalue weighted by Crippen LogP contribution is -2.32. The second-order valence-electron chi connectivity index (χ2n) is 8.40. The van der Waals surface area contributed by atoms with Crippen LogP contribution in [-0.2, 0) is 29.9 Å². The highest BCUT2D eigenvalue weighted by Gasteiger charge is 2.31. The molecule has 4 heterocycles. The molecular weight excluding hydrogens is 410 g/mol. The zero-order chi connectivity index (χ0) is 20.7. The van der Waals surface area contributed by atoms with Crippen LogP contribution < -0.4 is 0 Å². The summed E-state index contributed by atoms with van der Waals surface area (Å²) in [4.78, 5) is 15.5. The number of thioether (sulfide) groups is 1. The van der Waals surface area contributed by atoms with Gasteiger partial charge in [0.1, 0.15) is 16.2 Å². The first kappa shape index (κ1) is 19.9. The Kier molecular flexibility index (Phi) is 5.25. The molecule has 154 valence electrons. The number of hydrogen-bond donors (Lipinski definition) is 0. The predicted octanol–water partition coefficient (Wildman–Crippen LogP) is 6.34. The average Bonchev–Trinajstić information content (AvgIpc) is 3.11. The Labute approximate surface area is 185 Å². The molecule has 0 bridgehead atoms. The van der Waals surface area contributed by atoms with E-state index < -0.39 is 0 Å². The molecule has 4 nitrogen and oxygen atoms in total. The summed E-state index contributed by atoms with van der Waals surface area (Å²) in [6.45, 7) is 7.19. The Balaban J connectivity index is 1.65. The number of fused-ring (bicyclic) bond motifs is 5. The largest absolute Gasteiger partial charge is 0.370 e. The van der Waals surface area contributed by atoms with Crippen LogP contribution in [0.3, 0.4) is 0 Å². The molecule has 0 radical (unpaired) electrons. The van der Waals surface area contributed by atoms with E-state index in [2.05, 4.69) is 56.1 Å². The molecular formula is C24H25N3OS2. The minimum atomic E-state index is -0.170. The smallest absolute Gasteiger partial charge is 0.126 e. The maximum absolute atomic E-state index is 6.15. The monoisotopic (exact) mass is 435 g/mol. The second-order valence-corrected chi connectivity index (χ2v) is 10.4. The van der Waals surface area contributed by atoms with Crippen molar-refractivity contribution in [1.29, 1.82) is 0 Å². The zero-order valence-electron chi connectivity index (χ0n) is 17.6. The lowest BCUT2D eigenvalue weighted by molar-refractivity contribution is -0.0401. The Morgan fingerprint density at radius 3 is 2.77 bits per heavy atom. The molecule has 0 atom stereocenters. The summed E-state index contributed by atoms with van der Waals surface area (Å²) in [6, 6.07) is 10.5. The summed E-state index contributed by atoms with van der Waals surface area (Å²) < 4.78 is 7.31. The third kappa shape index (κ3) is 3.61. The van der Waals surface area contributed by atoms with Crippen molar-refractivity contribution in [2.24, 2.45) is 0 Å². The number of aromatic nitrogens is 3. The molecule has 4 aromatic rings. The first-order valence-corrected chi connectivity index (χ1v) is 12.2. The first-order chi connectivity index (χ1) is 14.6.